The molecule has 1 aromatic heterocycles. The largest absolute Gasteiger partial charge is 0.450 e. The van der Waals surface area contributed by atoms with E-state index in [4.69, 9.17) is 13.5 Å². The number of amides is 1. The number of rotatable bonds is 8. The van der Waals surface area contributed by atoms with Gasteiger partial charge in [0.05, 0.1) is 24.8 Å². The number of hydrogen-bond acceptors (Lipinski definition) is 6. The van der Waals surface area contributed by atoms with E-state index in [9.17, 15) is 14.2 Å². The lowest BCUT2D eigenvalue weighted by Crippen LogP contribution is -2.18. The first-order valence-corrected chi connectivity index (χ1v) is 11.4. The molecule has 3 rings (SSSR count). The number of carbonyl (C=O) groups is 1. The molecule has 158 valence electrons. The Morgan fingerprint density at radius 3 is 2.30 bits per heavy atom. The molecule has 7 nitrogen and oxygen atoms in total. The van der Waals surface area contributed by atoms with Crippen LogP contribution < -0.4 is 10.7 Å². The van der Waals surface area contributed by atoms with Crippen LogP contribution in [-0.4, -0.2) is 19.1 Å². The van der Waals surface area contributed by atoms with Gasteiger partial charge in [-0.1, -0.05) is 24.3 Å². The summed E-state index contributed by atoms with van der Waals surface area (Å²) in [5, 5.41) is 3.16. The van der Waals surface area contributed by atoms with Crippen LogP contribution in [-0.2, 0) is 19.8 Å². The van der Waals surface area contributed by atoms with Crippen LogP contribution in [0.1, 0.15) is 35.5 Å². The van der Waals surface area contributed by atoms with E-state index in [0.29, 0.717) is 29.9 Å². The Morgan fingerprint density at radius 2 is 1.67 bits per heavy atom. The monoisotopic (exact) mass is 429 g/mol. The molecular weight excluding hydrogens is 405 g/mol. The average molecular weight is 429 g/mol. The predicted octanol–water partition coefficient (Wildman–Crippen LogP) is 5.12. The third kappa shape index (κ3) is 4.87. The van der Waals surface area contributed by atoms with Crippen molar-refractivity contribution in [3.63, 3.8) is 0 Å². The fraction of sp³-hybridized carbons (Fsp3) is 0.273. The second-order valence-electron chi connectivity index (χ2n) is 6.64. The quantitative estimate of drug-likeness (QED) is 0.500. The molecular formula is C22H24NO6P. The Bertz CT molecular complexity index is 1140. The van der Waals surface area contributed by atoms with Crippen molar-refractivity contribution in [1.82, 2.24) is 0 Å². The van der Waals surface area contributed by atoms with E-state index in [1.54, 1.807) is 69.3 Å². The van der Waals surface area contributed by atoms with Gasteiger partial charge in [0.25, 0.3) is 5.91 Å². The topological polar surface area (TPSA) is 94.8 Å². The Labute approximate surface area is 174 Å². The minimum atomic E-state index is -3.20. The molecule has 0 fully saturated rings. The van der Waals surface area contributed by atoms with Crippen molar-refractivity contribution < 1.29 is 22.8 Å². The van der Waals surface area contributed by atoms with Crippen molar-refractivity contribution in [3.05, 3.63) is 75.6 Å². The summed E-state index contributed by atoms with van der Waals surface area (Å²) in [4.78, 5) is 25.2. The molecule has 0 atom stereocenters. The van der Waals surface area contributed by atoms with Crippen molar-refractivity contribution in [1.29, 1.82) is 0 Å². The second kappa shape index (κ2) is 9.39. The zero-order valence-corrected chi connectivity index (χ0v) is 18.0. The predicted molar refractivity (Wildman–Crippen MR) is 116 cm³/mol. The standard InChI is InChI=1S/C22H24NO6P/c1-4-27-30(26,28-5-2)14-16-10-12-17(13-11-16)23-22(25)21-15(3)20(24)18-8-6-7-9-19(18)29-21/h6-13H,4-5,14H2,1-3H3,(H,23,25). The minimum Gasteiger partial charge on any atom is -0.450 e. The van der Waals surface area contributed by atoms with Crippen molar-refractivity contribution in [2.24, 2.45) is 0 Å². The van der Waals surface area contributed by atoms with E-state index >= 15 is 0 Å². The summed E-state index contributed by atoms with van der Waals surface area (Å²) < 4.78 is 28.9. The molecule has 30 heavy (non-hydrogen) atoms. The highest BCUT2D eigenvalue weighted by atomic mass is 31.2. The summed E-state index contributed by atoms with van der Waals surface area (Å²) in [6.07, 6.45) is 0.140. The zero-order valence-electron chi connectivity index (χ0n) is 17.1. The second-order valence-corrected chi connectivity index (χ2v) is 8.69. The van der Waals surface area contributed by atoms with Crippen LogP contribution in [0.15, 0.2) is 57.7 Å². The van der Waals surface area contributed by atoms with Gasteiger partial charge < -0.3 is 18.8 Å². The van der Waals surface area contributed by atoms with E-state index in [2.05, 4.69) is 5.32 Å². The Hall–Kier alpha value is -2.73. The average Bonchev–Trinajstić information content (AvgIpc) is 2.72. The van der Waals surface area contributed by atoms with Crippen LogP contribution in [0.3, 0.4) is 0 Å². The number of anilines is 1. The van der Waals surface area contributed by atoms with E-state index in [0.717, 1.165) is 5.56 Å². The molecule has 0 unspecified atom stereocenters. The lowest BCUT2D eigenvalue weighted by atomic mass is 10.1. The molecule has 1 N–H and O–H groups in total. The van der Waals surface area contributed by atoms with Gasteiger partial charge in [-0.05, 0) is 50.6 Å². The van der Waals surface area contributed by atoms with E-state index < -0.39 is 13.5 Å². The number of hydrogen-bond donors (Lipinski definition) is 1. The highest BCUT2D eigenvalue weighted by molar-refractivity contribution is 7.53. The summed E-state index contributed by atoms with van der Waals surface area (Å²) >= 11 is 0. The van der Waals surface area contributed by atoms with Crippen LogP contribution in [0.2, 0.25) is 0 Å². The van der Waals surface area contributed by atoms with E-state index in [1.165, 1.54) is 0 Å². The first-order chi connectivity index (χ1) is 14.4. The van der Waals surface area contributed by atoms with Crippen molar-refractivity contribution >= 4 is 30.2 Å². The van der Waals surface area contributed by atoms with Crippen LogP contribution in [0, 0.1) is 6.92 Å². The molecule has 1 heterocycles. The molecule has 0 aliphatic rings. The third-order valence-electron chi connectivity index (χ3n) is 4.47. The summed E-state index contributed by atoms with van der Waals surface area (Å²) in [5.74, 6) is -0.544. The maximum atomic E-state index is 12.7. The van der Waals surface area contributed by atoms with Gasteiger partial charge in [-0.3, -0.25) is 14.2 Å². The van der Waals surface area contributed by atoms with Gasteiger partial charge in [-0.15, -0.1) is 0 Å². The number of nitrogens with one attached hydrogen (secondary N) is 1. The number of fused-ring (bicyclic) bond motifs is 1. The minimum absolute atomic E-state index is 0.0278. The Kier molecular flexibility index (Phi) is 6.87. The maximum Gasteiger partial charge on any atom is 0.335 e. The Balaban J connectivity index is 1.78. The fourth-order valence-electron chi connectivity index (χ4n) is 3.08. The third-order valence-corrected chi connectivity index (χ3v) is 6.53. The first-order valence-electron chi connectivity index (χ1n) is 9.67. The summed E-state index contributed by atoms with van der Waals surface area (Å²) in [7, 11) is -3.20. The molecule has 3 aromatic rings. The Morgan fingerprint density at radius 1 is 1.03 bits per heavy atom. The zero-order chi connectivity index (χ0) is 21.7. The number of carbonyl (C=O) groups excluding carboxylic acids is 1. The molecule has 0 radical (unpaired) electrons. The molecule has 0 spiro atoms. The van der Waals surface area contributed by atoms with Gasteiger partial charge in [0.2, 0.25) is 0 Å². The lowest BCUT2D eigenvalue weighted by molar-refractivity contribution is 0.0996. The molecule has 0 aliphatic heterocycles. The van der Waals surface area contributed by atoms with Crippen LogP contribution in [0.5, 0.6) is 0 Å². The fourth-order valence-corrected chi connectivity index (χ4v) is 4.78. The summed E-state index contributed by atoms with van der Waals surface area (Å²) in [6.45, 7) is 5.67. The van der Waals surface area contributed by atoms with Crippen LogP contribution >= 0.6 is 7.60 Å². The highest BCUT2D eigenvalue weighted by Crippen LogP contribution is 2.51. The van der Waals surface area contributed by atoms with Gasteiger partial charge in [0.15, 0.2) is 11.2 Å². The van der Waals surface area contributed by atoms with Crippen molar-refractivity contribution in [3.8, 4) is 0 Å². The molecule has 0 aliphatic carbocycles. The van der Waals surface area contributed by atoms with Gasteiger partial charge in [0.1, 0.15) is 5.58 Å². The van der Waals surface area contributed by atoms with E-state index in [-0.39, 0.29) is 22.9 Å². The SMILES string of the molecule is CCOP(=O)(Cc1ccc(NC(=O)c2oc3ccccc3c(=O)c2C)cc1)OCC. The van der Waals surface area contributed by atoms with Crippen molar-refractivity contribution in [2.45, 2.75) is 26.9 Å². The molecule has 8 heteroatoms. The smallest absolute Gasteiger partial charge is 0.335 e. The molecule has 1 amide bonds. The summed E-state index contributed by atoms with van der Waals surface area (Å²) in [6, 6.07) is 13.6. The molecule has 2 aromatic carbocycles. The van der Waals surface area contributed by atoms with Crippen LogP contribution in [0.4, 0.5) is 5.69 Å². The van der Waals surface area contributed by atoms with Gasteiger partial charge in [-0.25, -0.2) is 0 Å². The van der Waals surface area contributed by atoms with Gasteiger partial charge in [-0.2, -0.15) is 0 Å². The number of para-hydroxylation sites is 1. The molecule has 0 saturated carbocycles. The van der Waals surface area contributed by atoms with Gasteiger partial charge in [0, 0.05) is 11.3 Å². The number of benzene rings is 2. The van der Waals surface area contributed by atoms with Gasteiger partial charge >= 0.3 is 7.60 Å². The lowest BCUT2D eigenvalue weighted by Gasteiger charge is -2.17. The van der Waals surface area contributed by atoms with Crippen LogP contribution in [0.25, 0.3) is 11.0 Å². The first kappa shape index (κ1) is 22.0. The van der Waals surface area contributed by atoms with E-state index in [1.807, 2.05) is 0 Å². The summed E-state index contributed by atoms with van der Waals surface area (Å²) in [5.41, 5.74) is 1.64. The molecule has 0 bridgehead atoms. The maximum absolute atomic E-state index is 12.7. The normalized spacial score (nSPS) is 11.6. The van der Waals surface area contributed by atoms with Crippen molar-refractivity contribution in [2.75, 3.05) is 18.5 Å². The molecule has 0 saturated heterocycles. The highest BCUT2D eigenvalue weighted by Gasteiger charge is 2.24.